The van der Waals surface area contributed by atoms with Crippen LogP contribution in [-0.4, -0.2) is 14.6 Å². The van der Waals surface area contributed by atoms with Crippen LogP contribution in [0.2, 0.25) is 0 Å². The van der Waals surface area contributed by atoms with Gasteiger partial charge in [0.15, 0.2) is 5.65 Å². The molecular weight excluding hydrogens is 314 g/mol. The van der Waals surface area contributed by atoms with E-state index < -0.39 is 0 Å². The summed E-state index contributed by atoms with van der Waals surface area (Å²) < 4.78 is 2.59. The molecule has 20 heavy (non-hydrogen) atoms. The third-order valence-corrected chi connectivity index (χ3v) is 3.72. The Kier molecular flexibility index (Phi) is 3.13. The first-order chi connectivity index (χ1) is 9.43. The van der Waals surface area contributed by atoms with E-state index in [1.54, 1.807) is 4.52 Å². The largest absolute Gasteiger partial charge is 0.220 e. The van der Waals surface area contributed by atoms with Crippen LogP contribution < -0.4 is 0 Å². The van der Waals surface area contributed by atoms with E-state index >= 15 is 0 Å². The maximum Gasteiger partial charge on any atom is 0.154 e. The van der Waals surface area contributed by atoms with Gasteiger partial charge in [-0.25, -0.2) is 9.50 Å². The van der Waals surface area contributed by atoms with Crippen LogP contribution in [0.4, 0.5) is 0 Å². The number of benzene rings is 1. The Bertz CT molecular complexity index is 751. The van der Waals surface area contributed by atoms with E-state index in [1.165, 1.54) is 5.56 Å². The average Bonchev–Trinajstić information content (AvgIpc) is 2.77. The zero-order chi connectivity index (χ0) is 14.3. The molecular formula is C16H16BrN3. The maximum atomic E-state index is 4.58. The fourth-order valence-corrected chi connectivity index (χ4v) is 2.52. The van der Waals surface area contributed by atoms with Crippen molar-refractivity contribution in [2.45, 2.75) is 26.2 Å². The number of aromatic nitrogens is 3. The molecule has 0 spiro atoms. The number of hydrogen-bond acceptors (Lipinski definition) is 2. The summed E-state index contributed by atoms with van der Waals surface area (Å²) >= 11 is 3.36. The van der Waals surface area contributed by atoms with Gasteiger partial charge in [-0.15, -0.1) is 0 Å². The van der Waals surface area contributed by atoms with Gasteiger partial charge >= 0.3 is 0 Å². The summed E-state index contributed by atoms with van der Waals surface area (Å²) in [5.74, 6) is 0. The van der Waals surface area contributed by atoms with E-state index in [9.17, 15) is 0 Å². The standard InChI is InChI=1S/C16H16BrN3/c1-16(2,3)12-6-4-11(5-7-12)13-8-9-15-18-14(17)10-20(15)19-13/h4-10H,1-3H3. The van der Waals surface area contributed by atoms with Crippen molar-refractivity contribution in [2.24, 2.45) is 0 Å². The molecule has 0 fully saturated rings. The van der Waals surface area contributed by atoms with Crippen molar-refractivity contribution >= 4 is 21.6 Å². The number of rotatable bonds is 1. The molecule has 0 bridgehead atoms. The zero-order valence-corrected chi connectivity index (χ0v) is 13.3. The second kappa shape index (κ2) is 4.70. The van der Waals surface area contributed by atoms with Gasteiger partial charge in [-0.1, -0.05) is 45.0 Å². The van der Waals surface area contributed by atoms with Crippen LogP contribution in [0.15, 0.2) is 47.2 Å². The summed E-state index contributed by atoms with van der Waals surface area (Å²) in [6, 6.07) is 12.6. The molecule has 0 amide bonds. The van der Waals surface area contributed by atoms with Crippen LogP contribution in [-0.2, 0) is 5.41 Å². The smallest absolute Gasteiger partial charge is 0.154 e. The Labute approximate surface area is 126 Å². The van der Waals surface area contributed by atoms with Crippen LogP contribution in [0.3, 0.4) is 0 Å². The normalized spacial score (nSPS) is 12.0. The van der Waals surface area contributed by atoms with Crippen molar-refractivity contribution in [1.29, 1.82) is 0 Å². The molecule has 3 rings (SSSR count). The minimum absolute atomic E-state index is 0.172. The van der Waals surface area contributed by atoms with Gasteiger partial charge < -0.3 is 0 Å². The summed E-state index contributed by atoms with van der Waals surface area (Å²) in [6.07, 6.45) is 1.86. The monoisotopic (exact) mass is 329 g/mol. The molecule has 0 aliphatic carbocycles. The molecule has 4 heteroatoms. The van der Waals surface area contributed by atoms with E-state index in [4.69, 9.17) is 0 Å². The molecule has 0 saturated heterocycles. The molecule has 0 saturated carbocycles. The maximum absolute atomic E-state index is 4.58. The average molecular weight is 330 g/mol. The third-order valence-electron chi connectivity index (χ3n) is 3.34. The first-order valence-electron chi connectivity index (χ1n) is 6.56. The van der Waals surface area contributed by atoms with Gasteiger partial charge in [-0.3, -0.25) is 0 Å². The Morgan fingerprint density at radius 2 is 1.70 bits per heavy atom. The number of hydrogen-bond donors (Lipinski definition) is 0. The second-order valence-corrected chi connectivity index (χ2v) is 6.72. The highest BCUT2D eigenvalue weighted by molar-refractivity contribution is 9.10. The highest BCUT2D eigenvalue weighted by atomic mass is 79.9. The molecule has 0 radical (unpaired) electrons. The first-order valence-corrected chi connectivity index (χ1v) is 7.36. The highest BCUT2D eigenvalue weighted by Gasteiger charge is 2.13. The molecule has 2 aromatic heterocycles. The van der Waals surface area contributed by atoms with Crippen LogP contribution in [0.25, 0.3) is 16.9 Å². The molecule has 3 nitrogen and oxygen atoms in total. The molecule has 2 heterocycles. The highest BCUT2D eigenvalue weighted by Crippen LogP contribution is 2.25. The second-order valence-electron chi connectivity index (χ2n) is 5.91. The predicted octanol–water partition coefficient (Wildman–Crippen LogP) is 4.46. The Morgan fingerprint density at radius 1 is 1.00 bits per heavy atom. The number of nitrogens with zero attached hydrogens (tertiary/aromatic N) is 3. The Hall–Kier alpha value is -1.68. The van der Waals surface area contributed by atoms with Crippen molar-refractivity contribution in [3.05, 3.63) is 52.8 Å². The zero-order valence-electron chi connectivity index (χ0n) is 11.8. The van der Waals surface area contributed by atoms with Gasteiger partial charge in [0.05, 0.1) is 11.9 Å². The van der Waals surface area contributed by atoms with Crippen LogP contribution in [0.1, 0.15) is 26.3 Å². The summed E-state index contributed by atoms with van der Waals surface area (Å²) in [6.45, 7) is 6.65. The van der Waals surface area contributed by atoms with E-state index in [1.807, 2.05) is 18.3 Å². The Balaban J connectivity index is 2.02. The molecule has 0 N–H and O–H groups in total. The summed E-state index contributed by atoms with van der Waals surface area (Å²) in [7, 11) is 0. The van der Waals surface area contributed by atoms with Crippen LogP contribution in [0, 0.1) is 0 Å². The van der Waals surface area contributed by atoms with Gasteiger partial charge in [-0.2, -0.15) is 5.10 Å². The minimum atomic E-state index is 0.172. The molecule has 0 atom stereocenters. The number of fused-ring (bicyclic) bond motifs is 1. The lowest BCUT2D eigenvalue weighted by molar-refractivity contribution is 0.590. The molecule has 0 unspecified atom stereocenters. The lowest BCUT2D eigenvalue weighted by Gasteiger charge is -2.19. The molecule has 0 aliphatic heterocycles. The molecule has 102 valence electrons. The van der Waals surface area contributed by atoms with Crippen molar-refractivity contribution in [3.63, 3.8) is 0 Å². The molecule has 0 aliphatic rings. The van der Waals surface area contributed by atoms with Crippen molar-refractivity contribution < 1.29 is 0 Å². The number of halogens is 1. The molecule has 3 aromatic rings. The van der Waals surface area contributed by atoms with E-state index in [0.717, 1.165) is 21.5 Å². The van der Waals surface area contributed by atoms with Crippen LogP contribution in [0.5, 0.6) is 0 Å². The minimum Gasteiger partial charge on any atom is -0.220 e. The topological polar surface area (TPSA) is 30.2 Å². The lowest BCUT2D eigenvalue weighted by atomic mass is 9.86. The van der Waals surface area contributed by atoms with Crippen molar-refractivity contribution in [3.8, 4) is 11.3 Å². The summed E-state index contributed by atoms with van der Waals surface area (Å²) in [5.41, 5.74) is 4.40. The van der Waals surface area contributed by atoms with Gasteiger partial charge in [0.1, 0.15) is 4.60 Å². The van der Waals surface area contributed by atoms with E-state index in [-0.39, 0.29) is 5.41 Å². The van der Waals surface area contributed by atoms with Crippen molar-refractivity contribution in [1.82, 2.24) is 14.6 Å². The third kappa shape index (κ3) is 2.48. The first kappa shape index (κ1) is 13.3. The number of imidazole rings is 1. The quantitative estimate of drug-likeness (QED) is 0.660. The van der Waals surface area contributed by atoms with E-state index in [2.05, 4.69) is 71.0 Å². The van der Waals surface area contributed by atoms with Crippen molar-refractivity contribution in [2.75, 3.05) is 0 Å². The Morgan fingerprint density at radius 3 is 2.35 bits per heavy atom. The van der Waals surface area contributed by atoms with Gasteiger partial charge in [0.2, 0.25) is 0 Å². The summed E-state index contributed by atoms with van der Waals surface area (Å²) in [4.78, 5) is 4.31. The lowest BCUT2D eigenvalue weighted by Crippen LogP contribution is -2.10. The predicted molar refractivity (Wildman–Crippen MR) is 84.8 cm³/mol. The van der Waals surface area contributed by atoms with Crippen LogP contribution >= 0.6 is 15.9 Å². The summed E-state index contributed by atoms with van der Waals surface area (Å²) in [5, 5.41) is 4.58. The molecule has 1 aromatic carbocycles. The van der Waals surface area contributed by atoms with Gasteiger partial charge in [0, 0.05) is 5.56 Å². The SMILES string of the molecule is CC(C)(C)c1ccc(-c2ccc3nc(Br)cn3n2)cc1. The van der Waals surface area contributed by atoms with E-state index in [0.29, 0.717) is 0 Å². The van der Waals surface area contributed by atoms with Gasteiger partial charge in [-0.05, 0) is 39.0 Å². The fraction of sp³-hybridized carbons (Fsp3) is 0.250. The fourth-order valence-electron chi connectivity index (χ4n) is 2.15. The van der Waals surface area contributed by atoms with Gasteiger partial charge in [0.25, 0.3) is 0 Å².